The van der Waals surface area contributed by atoms with E-state index in [0.29, 0.717) is 47.9 Å². The Morgan fingerprint density at radius 1 is 1.13 bits per heavy atom. The fraction of sp³-hybridized carbons (Fsp3) is 0.517. The van der Waals surface area contributed by atoms with Gasteiger partial charge in [-0.05, 0) is 43.0 Å². The Morgan fingerprint density at radius 3 is 2.53 bits per heavy atom. The number of nitrogens with zero attached hydrogens (tertiary/aromatic N) is 6. The number of hydrogen-bond acceptors (Lipinski definition) is 7. The minimum Gasteiger partial charge on any atom is -0.380 e. The number of aliphatic hydroxyl groups is 1. The average Bonchev–Trinajstić information content (AvgIpc) is 3.52. The van der Waals surface area contributed by atoms with Crippen molar-refractivity contribution in [2.75, 3.05) is 33.2 Å². The molecule has 3 aromatic rings. The molecule has 2 saturated heterocycles. The van der Waals surface area contributed by atoms with E-state index >= 15 is 0 Å². The molecular weight excluding hydrogens is 480 g/mol. The first-order chi connectivity index (χ1) is 18.2. The molecule has 0 radical (unpaired) electrons. The van der Waals surface area contributed by atoms with E-state index in [-0.39, 0.29) is 6.03 Å². The van der Waals surface area contributed by atoms with Crippen molar-refractivity contribution in [1.82, 2.24) is 29.8 Å². The van der Waals surface area contributed by atoms with Gasteiger partial charge < -0.3 is 24.3 Å². The van der Waals surface area contributed by atoms with Crippen molar-refractivity contribution in [1.29, 1.82) is 0 Å². The molecule has 1 atom stereocenters. The van der Waals surface area contributed by atoms with Crippen LogP contribution in [0.2, 0.25) is 0 Å². The molecule has 0 spiro atoms. The molecule has 0 unspecified atom stereocenters. The summed E-state index contributed by atoms with van der Waals surface area (Å²) in [5.41, 5.74) is 1.79. The van der Waals surface area contributed by atoms with Gasteiger partial charge in [0.2, 0.25) is 11.7 Å². The molecule has 3 aliphatic rings. The van der Waals surface area contributed by atoms with Crippen LogP contribution < -0.4 is 0 Å². The minimum absolute atomic E-state index is 0.0446. The zero-order valence-corrected chi connectivity index (χ0v) is 22.6. The van der Waals surface area contributed by atoms with E-state index in [4.69, 9.17) is 4.52 Å². The van der Waals surface area contributed by atoms with Crippen LogP contribution in [0.3, 0.4) is 0 Å². The Bertz CT molecular complexity index is 1330. The summed E-state index contributed by atoms with van der Waals surface area (Å²) in [6.45, 7) is 9.68. The van der Waals surface area contributed by atoms with Gasteiger partial charge in [-0.25, -0.2) is 4.79 Å². The molecule has 0 bridgehead atoms. The summed E-state index contributed by atoms with van der Waals surface area (Å²) < 4.78 is 5.53. The van der Waals surface area contributed by atoms with Crippen LogP contribution in [0.5, 0.6) is 0 Å². The number of pyridine rings is 1. The first kappa shape index (κ1) is 25.0. The van der Waals surface area contributed by atoms with Crippen LogP contribution in [-0.4, -0.2) is 80.2 Å². The molecule has 4 heterocycles. The van der Waals surface area contributed by atoms with Crippen LogP contribution in [0.1, 0.15) is 62.1 Å². The van der Waals surface area contributed by atoms with Crippen molar-refractivity contribution in [3.05, 3.63) is 65.3 Å². The lowest BCUT2D eigenvalue weighted by molar-refractivity contribution is -0.127. The highest BCUT2D eigenvalue weighted by Gasteiger charge is 2.55. The van der Waals surface area contributed by atoms with Crippen LogP contribution >= 0.6 is 0 Å². The lowest BCUT2D eigenvalue weighted by atomic mass is 9.62. The van der Waals surface area contributed by atoms with E-state index in [9.17, 15) is 9.90 Å². The molecule has 3 fully saturated rings. The molecule has 1 aromatic carbocycles. The van der Waals surface area contributed by atoms with Gasteiger partial charge in [-0.2, -0.15) is 4.98 Å². The Kier molecular flexibility index (Phi) is 6.03. The van der Waals surface area contributed by atoms with Gasteiger partial charge in [0, 0.05) is 61.2 Å². The van der Waals surface area contributed by atoms with Gasteiger partial charge in [0.25, 0.3) is 0 Å². The quantitative estimate of drug-likeness (QED) is 0.486. The first-order valence-electron chi connectivity index (χ1n) is 13.5. The van der Waals surface area contributed by atoms with Crippen LogP contribution in [0.4, 0.5) is 4.79 Å². The van der Waals surface area contributed by atoms with Crippen molar-refractivity contribution in [2.45, 2.75) is 57.7 Å². The highest BCUT2D eigenvalue weighted by Crippen LogP contribution is 2.50. The number of likely N-dealkylation sites (tertiary alicyclic amines) is 1. The second kappa shape index (κ2) is 9.17. The van der Waals surface area contributed by atoms with E-state index < -0.39 is 11.0 Å². The number of aromatic nitrogens is 3. The number of hydrogen-bond donors (Lipinski definition) is 1. The molecule has 6 rings (SSSR count). The Balaban J connectivity index is 1.29. The maximum Gasteiger partial charge on any atom is 0.320 e. The van der Waals surface area contributed by atoms with Gasteiger partial charge >= 0.3 is 6.03 Å². The molecule has 200 valence electrons. The van der Waals surface area contributed by atoms with Crippen molar-refractivity contribution in [3.63, 3.8) is 0 Å². The predicted octanol–water partition coefficient (Wildman–Crippen LogP) is 3.84. The third-order valence-electron chi connectivity index (χ3n) is 8.43. The number of urea groups is 1. The minimum atomic E-state index is -1.25. The van der Waals surface area contributed by atoms with E-state index in [1.165, 1.54) is 5.56 Å². The monoisotopic (exact) mass is 516 g/mol. The number of benzene rings is 1. The molecule has 1 N–H and O–H groups in total. The summed E-state index contributed by atoms with van der Waals surface area (Å²) in [6.07, 6.45) is 5.61. The number of carbonyl (C=O) groups excluding carboxylic acids is 1. The van der Waals surface area contributed by atoms with Gasteiger partial charge in [0.15, 0.2) is 0 Å². The van der Waals surface area contributed by atoms with Gasteiger partial charge in [-0.1, -0.05) is 50.2 Å². The smallest absolute Gasteiger partial charge is 0.320 e. The van der Waals surface area contributed by atoms with Gasteiger partial charge in [-0.3, -0.25) is 4.98 Å². The molecule has 38 heavy (non-hydrogen) atoms. The average molecular weight is 517 g/mol. The Labute approximate surface area is 223 Å². The standard InChI is InChI=1S/C29H36N6O3/c1-19(2)20-5-7-22(8-6-20)29(37,28(3)17-33(4)18-28)23-13-21(14-30-15-23)26-31-25(38-32-26)16-34-11-12-35(27(34)36)24-9-10-24/h5-8,13-15,19,24,37H,9-12,16-18H2,1-4H3/t29-/m0/s1. The summed E-state index contributed by atoms with van der Waals surface area (Å²) in [6, 6.07) is 10.6. The topological polar surface area (TPSA) is 98.8 Å². The Morgan fingerprint density at radius 2 is 1.87 bits per heavy atom. The highest BCUT2D eigenvalue weighted by atomic mass is 16.5. The normalized spacial score (nSPS) is 21.2. The second-order valence-electron chi connectivity index (χ2n) is 11.8. The zero-order valence-electron chi connectivity index (χ0n) is 22.6. The van der Waals surface area contributed by atoms with Crippen LogP contribution in [0.15, 0.2) is 47.2 Å². The summed E-state index contributed by atoms with van der Waals surface area (Å²) in [7, 11) is 2.06. The molecule has 1 saturated carbocycles. The molecule has 9 heteroatoms. The van der Waals surface area contributed by atoms with Crippen LogP contribution in [0.25, 0.3) is 11.4 Å². The van der Waals surface area contributed by atoms with Crippen molar-refractivity contribution >= 4 is 6.03 Å². The molecule has 2 amide bonds. The van der Waals surface area contributed by atoms with Gasteiger partial charge in [-0.15, -0.1) is 0 Å². The maximum atomic E-state index is 12.7. The number of amides is 2. The van der Waals surface area contributed by atoms with Crippen molar-refractivity contribution in [3.8, 4) is 11.4 Å². The lowest BCUT2D eigenvalue weighted by Gasteiger charge is -2.55. The molecule has 9 nitrogen and oxygen atoms in total. The summed E-state index contributed by atoms with van der Waals surface area (Å²) in [5.74, 6) is 1.20. The fourth-order valence-corrected chi connectivity index (χ4v) is 6.18. The lowest BCUT2D eigenvalue weighted by Crippen LogP contribution is -2.63. The summed E-state index contributed by atoms with van der Waals surface area (Å²) in [4.78, 5) is 27.7. The first-order valence-corrected chi connectivity index (χ1v) is 13.5. The largest absolute Gasteiger partial charge is 0.380 e. The zero-order chi connectivity index (χ0) is 26.7. The predicted molar refractivity (Wildman–Crippen MR) is 142 cm³/mol. The molecular formula is C29H36N6O3. The number of rotatable bonds is 8. The van der Waals surface area contributed by atoms with Crippen molar-refractivity contribution in [2.24, 2.45) is 5.41 Å². The van der Waals surface area contributed by atoms with Crippen molar-refractivity contribution < 1.29 is 14.4 Å². The molecule has 1 aliphatic carbocycles. The van der Waals surface area contributed by atoms with E-state index in [1.807, 2.05) is 23.1 Å². The Hall–Kier alpha value is -3.30. The van der Waals surface area contributed by atoms with Gasteiger partial charge in [0.1, 0.15) is 12.1 Å². The van der Waals surface area contributed by atoms with Crippen LogP contribution in [-0.2, 0) is 12.1 Å². The SMILES string of the molecule is CC(C)c1ccc([C@](O)(c2cncc(-c3noc(CN4CCN(C5CC5)C4=O)n3)c2)C2(C)CN(C)C2)cc1. The summed E-state index contributed by atoms with van der Waals surface area (Å²) >= 11 is 0. The second-order valence-corrected chi connectivity index (χ2v) is 11.8. The van der Waals surface area contributed by atoms with Crippen LogP contribution in [0, 0.1) is 5.41 Å². The third kappa shape index (κ3) is 4.18. The summed E-state index contributed by atoms with van der Waals surface area (Å²) in [5, 5.41) is 16.7. The van der Waals surface area contributed by atoms with Gasteiger partial charge in [0.05, 0.1) is 0 Å². The molecule has 2 aliphatic heterocycles. The third-order valence-corrected chi connectivity index (χ3v) is 8.43. The van der Waals surface area contributed by atoms with E-state index in [0.717, 1.165) is 38.0 Å². The van der Waals surface area contributed by atoms with E-state index in [2.05, 4.69) is 60.0 Å². The molecule has 2 aromatic heterocycles. The fourth-order valence-electron chi connectivity index (χ4n) is 6.18. The van der Waals surface area contributed by atoms with E-state index in [1.54, 1.807) is 17.3 Å². The number of carbonyl (C=O) groups is 1. The highest BCUT2D eigenvalue weighted by molar-refractivity contribution is 5.77. The maximum absolute atomic E-state index is 12.7.